The molecule has 0 aliphatic carbocycles. The van der Waals surface area contributed by atoms with E-state index in [4.69, 9.17) is 37.0 Å². The minimum Gasteiger partial charge on any atom is -0.862 e. The van der Waals surface area contributed by atoms with E-state index < -0.39 is 122 Å². The van der Waals surface area contributed by atoms with Crippen molar-refractivity contribution < 1.29 is 154 Å². The van der Waals surface area contributed by atoms with Gasteiger partial charge < -0.3 is 59.6 Å². The Bertz CT molecular complexity index is 2370. The summed E-state index contributed by atoms with van der Waals surface area (Å²) < 4.78 is 70.8. The van der Waals surface area contributed by atoms with Crippen LogP contribution in [-0.2, 0) is 74.9 Å². The molecule has 2 amide bonds. The SMILES string of the molecule is CCCCCC/C=C\CCCC(=O)O[C@H](CCCCCCC)CCOCC(COP(=O)(O)OCCN=C([O-])CC([O-])=NCCOP(=O)(O)OCC(COCC[C@@H](CCCCCCC)OC(=O)CCC/C=C\CCCCCC)NC(=O)CC(=O)CCCCCCCCCCC)NC(=O)CC(=O)CCCCCCCCCCC.[Na+].[Na+]. The van der Waals surface area contributed by atoms with E-state index in [9.17, 15) is 57.9 Å². The van der Waals surface area contributed by atoms with Crippen molar-refractivity contribution in [1.29, 1.82) is 0 Å². The van der Waals surface area contributed by atoms with Gasteiger partial charge in [-0.15, -0.1) is 0 Å². The van der Waals surface area contributed by atoms with Crippen molar-refractivity contribution in [3.05, 3.63) is 24.3 Å². The summed E-state index contributed by atoms with van der Waals surface area (Å²) >= 11 is 0. The summed E-state index contributed by atoms with van der Waals surface area (Å²) in [5.74, 6) is -4.17. The number of hydrogen-bond donors (Lipinski definition) is 4. The Morgan fingerprint density at radius 1 is 0.354 bits per heavy atom. The number of carbonyl (C=O) groups excluding carboxylic acids is 6. The molecule has 0 rings (SSSR count). The number of ketones is 2. The molecule has 0 saturated heterocycles. The van der Waals surface area contributed by atoms with Gasteiger partial charge in [-0.05, 0) is 102 Å². The van der Waals surface area contributed by atoms with Crippen molar-refractivity contribution in [3.8, 4) is 0 Å². The van der Waals surface area contributed by atoms with Gasteiger partial charge >= 0.3 is 86.7 Å². The van der Waals surface area contributed by atoms with Gasteiger partial charge in [-0.2, -0.15) is 0 Å². The van der Waals surface area contributed by atoms with E-state index in [1.54, 1.807) is 0 Å². The van der Waals surface area contributed by atoms with E-state index in [2.05, 4.69) is 86.5 Å². The average molecular weight is 1660 g/mol. The summed E-state index contributed by atoms with van der Waals surface area (Å²) in [4.78, 5) is 107. The summed E-state index contributed by atoms with van der Waals surface area (Å²) in [6, 6.07) is -2.02. The number of phosphoric acid groups is 2. The van der Waals surface area contributed by atoms with E-state index in [0.29, 0.717) is 51.4 Å². The predicted octanol–water partition coefficient (Wildman–Crippen LogP) is 12.7. The Balaban J connectivity index is -0.0000605. The number of allylic oxidation sites excluding steroid dienone is 4. The number of rotatable bonds is 84. The molecule has 0 aliphatic rings. The quantitative estimate of drug-likeness (QED) is 0.00642. The summed E-state index contributed by atoms with van der Waals surface area (Å²) in [7, 11) is -9.71. The van der Waals surface area contributed by atoms with E-state index in [0.717, 1.165) is 154 Å². The average Bonchev–Trinajstić information content (AvgIpc) is 0.908. The Labute approximate surface area is 728 Å². The second-order valence-corrected chi connectivity index (χ2v) is 32.7. The number of amides is 2. The first kappa shape index (κ1) is 115. The fraction of sp³-hybridized carbons (Fsp3) is 0.859. The summed E-state index contributed by atoms with van der Waals surface area (Å²) in [5, 5.41) is 30.7. The molecule has 0 aromatic rings. The normalized spacial score (nSPS) is 14.1. The summed E-state index contributed by atoms with van der Waals surface area (Å²) in [6.45, 7) is 9.64. The maximum atomic E-state index is 13.3. The molecular weight excluding hydrogens is 1500 g/mol. The van der Waals surface area contributed by atoms with Crippen LogP contribution >= 0.6 is 15.6 Å². The number of aliphatic imine (C=N–C) groups is 2. The van der Waals surface area contributed by atoms with E-state index >= 15 is 0 Å². The van der Waals surface area contributed by atoms with Crippen molar-refractivity contribution in [3.63, 3.8) is 0 Å². The van der Waals surface area contributed by atoms with Gasteiger partial charge in [0.15, 0.2) is 0 Å². The largest absolute Gasteiger partial charge is 1.00 e. The molecule has 0 aromatic carbocycles. The second-order valence-electron chi connectivity index (χ2n) is 29.8. The Morgan fingerprint density at radius 3 is 0.973 bits per heavy atom. The minimum atomic E-state index is -4.86. The van der Waals surface area contributed by atoms with Gasteiger partial charge in [0.25, 0.3) is 0 Å². The Hall–Kier alpha value is -2.22. The number of esters is 2. The third-order valence-corrected chi connectivity index (χ3v) is 20.9. The third kappa shape index (κ3) is 80.6. The van der Waals surface area contributed by atoms with E-state index in [1.165, 1.54) is 89.9 Å². The monoisotopic (exact) mass is 1660 g/mol. The van der Waals surface area contributed by atoms with Crippen LogP contribution in [0.3, 0.4) is 0 Å². The number of phosphoric ester groups is 2. The molecule has 6 atom stereocenters. The number of ether oxygens (including phenoxy) is 4. The molecule has 0 aromatic heterocycles. The van der Waals surface area contributed by atoms with Crippen LogP contribution in [0, 0.1) is 0 Å². The van der Waals surface area contributed by atoms with Crippen LogP contribution in [0.15, 0.2) is 34.3 Å². The maximum Gasteiger partial charge on any atom is 1.00 e. The van der Waals surface area contributed by atoms with Gasteiger partial charge in [0.05, 0.1) is 90.9 Å². The Morgan fingerprint density at radius 2 is 0.646 bits per heavy atom. The third-order valence-electron chi connectivity index (χ3n) is 19.0. The number of carbonyl (C=O) groups is 6. The van der Waals surface area contributed by atoms with Crippen molar-refractivity contribution in [1.82, 2.24) is 10.6 Å². The maximum absolute atomic E-state index is 13.3. The van der Waals surface area contributed by atoms with E-state index in [-0.39, 0.29) is 135 Å². The molecule has 28 heteroatoms. The van der Waals surface area contributed by atoms with Gasteiger partial charge in [-0.3, -0.25) is 46.9 Å². The van der Waals surface area contributed by atoms with Gasteiger partial charge in [-0.1, -0.05) is 258 Å². The molecule has 113 heavy (non-hydrogen) atoms. The standard InChI is InChI=1S/C85H158N4O20P2.2Na/c1-7-13-19-25-29-33-37-43-47-53-76(90)67-82(94)88-74(70-102-63-59-78(55-49-41-23-17-11-5)108-84(96)57-51-45-39-35-31-27-21-15-9-3)72-106-110(98,99)104-65-61-86-80(92)69-81(93)87-62-66-105-111(100,101)107-73-75(89-83(95)68-77(91)54-48-44-38-34-30-26-20-14-8-2)71-103-64-60-79(56-50-42-24-18-12-6)109-85(97)58-52-46-40-36-32-28-22-16-10-4;;/h35-36,39-40,74-75,78-79H,7-34,37-38,41-73H2,1-6H3,(H,86,92)(H,87,93)(H,88,94)(H,89,95)(H,98,99)(H,100,101);;/q;2*+1/p-2/b39-35-,40-36-;;/t74?,75?,78-,79-;;/m1../s1. The minimum absolute atomic E-state index is 0. The predicted molar refractivity (Wildman–Crippen MR) is 440 cm³/mol. The summed E-state index contributed by atoms with van der Waals surface area (Å²) in [5.41, 5.74) is 0. The Kier molecular flexibility index (Phi) is 84.9. The number of nitrogens with one attached hydrogen (secondary N) is 2. The van der Waals surface area contributed by atoms with Crippen molar-refractivity contribution >= 4 is 62.8 Å². The first-order valence-corrected chi connectivity index (χ1v) is 46.8. The van der Waals surface area contributed by atoms with Crippen LogP contribution in [-0.4, -0.2) is 147 Å². The number of hydrogen-bond acceptors (Lipinski definition) is 20. The van der Waals surface area contributed by atoms with Gasteiger partial charge in [0.1, 0.15) is 23.8 Å². The topological polar surface area (TPSA) is 346 Å². The second kappa shape index (κ2) is 83.4. The fourth-order valence-corrected chi connectivity index (χ4v) is 13.9. The molecule has 648 valence electrons. The number of Topliss-reactive ketones (excluding diaryl/α,β-unsaturated/α-hetero) is 2. The van der Waals surface area contributed by atoms with Crippen LogP contribution < -0.4 is 80.0 Å². The van der Waals surface area contributed by atoms with Crippen LogP contribution in [0.25, 0.3) is 0 Å². The molecule has 0 aliphatic heterocycles. The first-order valence-electron chi connectivity index (χ1n) is 43.8. The van der Waals surface area contributed by atoms with Crippen LogP contribution in [0.4, 0.5) is 0 Å². The van der Waals surface area contributed by atoms with Crippen LogP contribution in [0.5, 0.6) is 0 Å². The molecule has 0 fully saturated rings. The molecule has 24 nitrogen and oxygen atoms in total. The molecule has 0 radical (unpaired) electrons. The van der Waals surface area contributed by atoms with Crippen LogP contribution in [0.1, 0.15) is 382 Å². The number of nitrogens with zero attached hydrogens (tertiary/aromatic N) is 2. The van der Waals surface area contributed by atoms with Gasteiger partial charge in [0, 0.05) is 44.9 Å². The fourth-order valence-electron chi connectivity index (χ4n) is 12.4. The summed E-state index contributed by atoms with van der Waals surface area (Å²) in [6.07, 6.45) is 53.5. The smallest absolute Gasteiger partial charge is 0.862 e. The molecule has 0 heterocycles. The van der Waals surface area contributed by atoms with Crippen LogP contribution in [0.2, 0.25) is 0 Å². The van der Waals surface area contributed by atoms with Crippen molar-refractivity contribution in [2.45, 2.75) is 406 Å². The van der Waals surface area contributed by atoms with Crippen molar-refractivity contribution in [2.75, 3.05) is 65.9 Å². The first-order chi connectivity index (χ1) is 53.7. The van der Waals surface area contributed by atoms with Crippen molar-refractivity contribution in [2.24, 2.45) is 9.98 Å². The zero-order valence-electron chi connectivity index (χ0n) is 72.2. The number of unbranched alkanes of at least 4 members (excludes halogenated alkanes) is 34. The zero-order valence-corrected chi connectivity index (χ0v) is 78.0. The zero-order chi connectivity index (χ0) is 81.8. The molecule has 0 spiro atoms. The van der Waals surface area contributed by atoms with Gasteiger partial charge in [-0.25, -0.2) is 9.13 Å². The molecule has 4 unspecified atom stereocenters. The van der Waals surface area contributed by atoms with E-state index in [1.807, 2.05) is 0 Å². The molecular formula is C85H156N4Na2O20P2. The van der Waals surface area contributed by atoms with Gasteiger partial charge in [0.2, 0.25) is 11.8 Å². The molecule has 0 saturated carbocycles. The molecule has 4 N–H and O–H groups in total. The molecule has 0 bridgehead atoms.